The number of anilines is 1. The van der Waals surface area contributed by atoms with Gasteiger partial charge < -0.3 is 15.5 Å². The number of sulfonamides is 1. The lowest BCUT2D eigenvalue weighted by Crippen LogP contribution is -2.51. The summed E-state index contributed by atoms with van der Waals surface area (Å²) >= 11 is 0. The molecular weight excluding hydrogens is 419 g/mol. The Morgan fingerprint density at radius 2 is 1.93 bits per heavy atom. The number of aryl methyl sites for hydroxylation is 1. The number of hydrogen-bond donors (Lipinski definition) is 2. The summed E-state index contributed by atoms with van der Waals surface area (Å²) in [6.45, 7) is 1.28. The molecule has 1 fully saturated rings. The molecular formula is C19H28F3N5O2S. The van der Waals surface area contributed by atoms with Gasteiger partial charge in [-0.2, -0.15) is 17.5 Å². The third-order valence-electron chi connectivity index (χ3n) is 5.61. The van der Waals surface area contributed by atoms with Crippen molar-refractivity contribution in [3.05, 3.63) is 29.3 Å². The van der Waals surface area contributed by atoms with Gasteiger partial charge in [-0.05, 0) is 42.9 Å². The van der Waals surface area contributed by atoms with E-state index in [1.807, 2.05) is 0 Å². The van der Waals surface area contributed by atoms with Gasteiger partial charge in [-0.15, -0.1) is 0 Å². The second-order valence-electron chi connectivity index (χ2n) is 7.68. The predicted molar refractivity (Wildman–Crippen MR) is 111 cm³/mol. The number of nitrogens with zero attached hydrogens (tertiary/aromatic N) is 3. The SMILES string of the molecule is CN=C(NCc1ccc2c(c1)CCCN2C)NC1CCN(S(=O)(=O)C(F)(F)F)CC1. The van der Waals surface area contributed by atoms with Gasteiger partial charge in [0.15, 0.2) is 5.96 Å². The molecule has 11 heteroatoms. The number of halogens is 3. The molecule has 168 valence electrons. The number of fused-ring (bicyclic) bond motifs is 1. The zero-order chi connectivity index (χ0) is 21.9. The van der Waals surface area contributed by atoms with Crippen molar-refractivity contribution >= 4 is 21.7 Å². The Balaban J connectivity index is 1.51. The molecule has 30 heavy (non-hydrogen) atoms. The number of rotatable bonds is 4. The van der Waals surface area contributed by atoms with Crippen LogP contribution in [0.3, 0.4) is 0 Å². The maximum Gasteiger partial charge on any atom is 0.511 e. The molecule has 0 radical (unpaired) electrons. The third kappa shape index (κ3) is 5.00. The number of benzene rings is 1. The zero-order valence-electron chi connectivity index (χ0n) is 17.2. The van der Waals surface area contributed by atoms with Crippen molar-refractivity contribution in [2.45, 2.75) is 43.8 Å². The van der Waals surface area contributed by atoms with Crippen LogP contribution in [0.15, 0.2) is 23.2 Å². The molecule has 0 saturated carbocycles. The minimum atomic E-state index is -5.26. The van der Waals surface area contributed by atoms with E-state index in [9.17, 15) is 21.6 Å². The summed E-state index contributed by atoms with van der Waals surface area (Å²) in [5.41, 5.74) is -1.55. The highest BCUT2D eigenvalue weighted by atomic mass is 32.2. The summed E-state index contributed by atoms with van der Waals surface area (Å²) in [6, 6.07) is 6.24. The highest BCUT2D eigenvalue weighted by molar-refractivity contribution is 7.90. The molecule has 2 aliphatic heterocycles. The van der Waals surface area contributed by atoms with E-state index in [2.05, 4.69) is 45.8 Å². The average Bonchev–Trinajstić information content (AvgIpc) is 2.70. The van der Waals surface area contributed by atoms with E-state index in [1.165, 1.54) is 11.3 Å². The molecule has 0 aromatic heterocycles. The molecule has 1 aromatic rings. The number of piperidine rings is 1. The lowest BCUT2D eigenvalue weighted by atomic mass is 9.99. The van der Waals surface area contributed by atoms with Crippen LogP contribution in [0.4, 0.5) is 18.9 Å². The molecule has 0 spiro atoms. The van der Waals surface area contributed by atoms with E-state index in [4.69, 9.17) is 0 Å². The predicted octanol–water partition coefficient (Wildman–Crippen LogP) is 2.05. The fraction of sp³-hybridized carbons (Fsp3) is 0.632. The van der Waals surface area contributed by atoms with Gasteiger partial charge in [0.05, 0.1) is 0 Å². The lowest BCUT2D eigenvalue weighted by molar-refractivity contribution is -0.0494. The molecule has 0 unspecified atom stereocenters. The first-order chi connectivity index (χ1) is 14.1. The van der Waals surface area contributed by atoms with Crippen LogP contribution in [-0.2, 0) is 23.0 Å². The maximum absolute atomic E-state index is 12.7. The number of hydrogen-bond acceptors (Lipinski definition) is 4. The lowest BCUT2D eigenvalue weighted by Gasteiger charge is -2.32. The highest BCUT2D eigenvalue weighted by Crippen LogP contribution is 2.29. The van der Waals surface area contributed by atoms with Crippen LogP contribution in [0, 0.1) is 0 Å². The number of alkyl halides is 3. The van der Waals surface area contributed by atoms with E-state index in [0.29, 0.717) is 16.8 Å². The molecule has 1 aromatic carbocycles. The van der Waals surface area contributed by atoms with Gasteiger partial charge in [0.25, 0.3) is 0 Å². The molecule has 0 amide bonds. The van der Waals surface area contributed by atoms with Crippen LogP contribution in [0.5, 0.6) is 0 Å². The largest absolute Gasteiger partial charge is 0.511 e. The summed E-state index contributed by atoms with van der Waals surface area (Å²) in [4.78, 5) is 6.43. The van der Waals surface area contributed by atoms with Gasteiger partial charge in [-0.3, -0.25) is 4.99 Å². The summed E-state index contributed by atoms with van der Waals surface area (Å²) in [5, 5.41) is 6.41. The summed E-state index contributed by atoms with van der Waals surface area (Å²) in [7, 11) is -1.54. The van der Waals surface area contributed by atoms with E-state index < -0.39 is 15.5 Å². The molecule has 0 atom stereocenters. The molecule has 2 aliphatic rings. The third-order valence-corrected chi connectivity index (χ3v) is 7.24. The molecule has 2 N–H and O–H groups in total. The second-order valence-corrected chi connectivity index (χ2v) is 9.61. The highest BCUT2D eigenvalue weighted by Gasteiger charge is 2.50. The Morgan fingerprint density at radius 1 is 1.23 bits per heavy atom. The molecule has 2 heterocycles. The Labute approximate surface area is 175 Å². The summed E-state index contributed by atoms with van der Waals surface area (Å²) in [6.07, 6.45) is 2.74. The van der Waals surface area contributed by atoms with Crippen LogP contribution >= 0.6 is 0 Å². The van der Waals surface area contributed by atoms with Crippen molar-refractivity contribution in [1.82, 2.24) is 14.9 Å². The topological polar surface area (TPSA) is 77.0 Å². The molecule has 3 rings (SSSR count). The number of nitrogens with one attached hydrogen (secondary N) is 2. The van der Waals surface area contributed by atoms with Crippen molar-refractivity contribution in [3.8, 4) is 0 Å². The Kier molecular flexibility index (Phi) is 6.81. The van der Waals surface area contributed by atoms with Crippen molar-refractivity contribution in [3.63, 3.8) is 0 Å². The monoisotopic (exact) mass is 447 g/mol. The van der Waals surface area contributed by atoms with Gasteiger partial charge in [-0.1, -0.05) is 12.1 Å². The van der Waals surface area contributed by atoms with E-state index >= 15 is 0 Å². The molecule has 0 bridgehead atoms. The average molecular weight is 448 g/mol. The van der Waals surface area contributed by atoms with Crippen molar-refractivity contribution in [2.24, 2.45) is 4.99 Å². The van der Waals surface area contributed by atoms with Gasteiger partial charge in [0, 0.05) is 52.0 Å². The number of aliphatic imine (C=N–C) groups is 1. The minimum absolute atomic E-state index is 0.145. The van der Waals surface area contributed by atoms with Gasteiger partial charge in [-0.25, -0.2) is 8.42 Å². The van der Waals surface area contributed by atoms with Crippen LogP contribution in [0.2, 0.25) is 0 Å². The Bertz CT molecular complexity index is 881. The normalized spacial score (nSPS) is 19.5. The van der Waals surface area contributed by atoms with E-state index in [1.54, 1.807) is 7.05 Å². The standard InChI is InChI=1S/C19H28F3N5O2S/c1-23-18(24-13-14-5-6-17-15(12-14)4-3-9-26(17)2)25-16-7-10-27(11-8-16)30(28,29)19(20,21)22/h5-6,12,16H,3-4,7-11,13H2,1-2H3,(H2,23,24,25). The first-order valence-electron chi connectivity index (χ1n) is 9.98. The van der Waals surface area contributed by atoms with Crippen LogP contribution < -0.4 is 15.5 Å². The fourth-order valence-electron chi connectivity index (χ4n) is 3.91. The summed E-state index contributed by atoms with van der Waals surface area (Å²) in [5.74, 6) is 0.543. The quantitative estimate of drug-likeness (QED) is 0.546. The molecule has 7 nitrogen and oxygen atoms in total. The fourth-order valence-corrected chi connectivity index (χ4v) is 4.89. The Hall–Kier alpha value is -2.01. The molecule has 0 aliphatic carbocycles. The minimum Gasteiger partial charge on any atom is -0.374 e. The zero-order valence-corrected chi connectivity index (χ0v) is 18.0. The smallest absolute Gasteiger partial charge is 0.374 e. The van der Waals surface area contributed by atoms with Gasteiger partial charge >= 0.3 is 15.5 Å². The van der Waals surface area contributed by atoms with Gasteiger partial charge in [0.1, 0.15) is 0 Å². The van der Waals surface area contributed by atoms with Crippen LogP contribution in [0.1, 0.15) is 30.4 Å². The second kappa shape index (κ2) is 9.01. The van der Waals surface area contributed by atoms with Crippen molar-refractivity contribution < 1.29 is 21.6 Å². The van der Waals surface area contributed by atoms with E-state index in [-0.39, 0.29) is 32.0 Å². The molecule has 1 saturated heterocycles. The van der Waals surface area contributed by atoms with Crippen LogP contribution in [-0.4, -0.2) is 64.0 Å². The maximum atomic E-state index is 12.7. The van der Waals surface area contributed by atoms with Gasteiger partial charge in [0.2, 0.25) is 0 Å². The first kappa shape index (κ1) is 22.7. The number of guanidine groups is 1. The van der Waals surface area contributed by atoms with Crippen LogP contribution in [0.25, 0.3) is 0 Å². The van der Waals surface area contributed by atoms with E-state index in [0.717, 1.165) is 24.9 Å². The van der Waals surface area contributed by atoms with Crippen molar-refractivity contribution in [1.29, 1.82) is 0 Å². The first-order valence-corrected chi connectivity index (χ1v) is 11.4. The van der Waals surface area contributed by atoms with Crippen molar-refractivity contribution in [2.75, 3.05) is 38.6 Å². The Morgan fingerprint density at radius 3 is 2.57 bits per heavy atom. The summed E-state index contributed by atoms with van der Waals surface area (Å²) < 4.78 is 61.6.